The van der Waals surface area contributed by atoms with E-state index < -0.39 is 0 Å². The quantitative estimate of drug-likeness (QED) is 0.871. The summed E-state index contributed by atoms with van der Waals surface area (Å²) in [6.45, 7) is 5.52. The Morgan fingerprint density at radius 2 is 2.07 bits per heavy atom. The van der Waals surface area contributed by atoms with Gasteiger partial charge in [0.2, 0.25) is 0 Å². The summed E-state index contributed by atoms with van der Waals surface area (Å²) in [7, 11) is 1.99. The van der Waals surface area contributed by atoms with Crippen molar-refractivity contribution in [3.8, 4) is 0 Å². The number of rotatable bonds is 4. The maximum atomic E-state index is 3.52. The summed E-state index contributed by atoms with van der Waals surface area (Å²) in [6, 6.07) is 6.57. The van der Waals surface area contributed by atoms with E-state index in [9.17, 15) is 0 Å². The van der Waals surface area contributed by atoms with Crippen molar-refractivity contribution in [2.45, 2.75) is 26.2 Å². The van der Waals surface area contributed by atoms with Crippen molar-refractivity contribution >= 4 is 15.9 Å². The molecule has 0 atom stereocenters. The minimum absolute atomic E-state index is 0.606. The van der Waals surface area contributed by atoms with Crippen LogP contribution < -0.4 is 5.32 Å². The fourth-order valence-corrected chi connectivity index (χ4v) is 2.02. The molecule has 1 rings (SSSR count). The van der Waals surface area contributed by atoms with Crippen molar-refractivity contribution in [1.29, 1.82) is 0 Å². The van der Waals surface area contributed by atoms with Gasteiger partial charge < -0.3 is 5.32 Å². The van der Waals surface area contributed by atoms with Crippen molar-refractivity contribution in [3.05, 3.63) is 33.8 Å². The summed E-state index contributed by atoms with van der Waals surface area (Å²) in [5.41, 5.74) is 2.91. The van der Waals surface area contributed by atoms with Crippen LogP contribution in [0.3, 0.4) is 0 Å². The first-order valence-electron chi connectivity index (χ1n) is 5.08. The monoisotopic (exact) mass is 255 g/mol. The highest BCUT2D eigenvalue weighted by atomic mass is 79.9. The molecule has 1 nitrogen and oxygen atoms in total. The molecule has 0 bridgehead atoms. The zero-order valence-corrected chi connectivity index (χ0v) is 10.7. The Bertz CT molecular complexity index is 294. The number of benzene rings is 1. The van der Waals surface area contributed by atoms with Crippen LogP contribution in [-0.4, -0.2) is 13.6 Å². The molecule has 0 heterocycles. The van der Waals surface area contributed by atoms with Gasteiger partial charge in [-0.05, 0) is 49.2 Å². The smallest absolute Gasteiger partial charge is 0.0178 e. The minimum atomic E-state index is 0.606. The van der Waals surface area contributed by atoms with Crippen LogP contribution in [0.15, 0.2) is 22.7 Å². The van der Waals surface area contributed by atoms with Crippen molar-refractivity contribution in [2.24, 2.45) is 0 Å². The Hall–Kier alpha value is -0.340. The van der Waals surface area contributed by atoms with E-state index in [-0.39, 0.29) is 0 Å². The summed E-state index contributed by atoms with van der Waals surface area (Å²) in [5.74, 6) is 0.606. The van der Waals surface area contributed by atoms with Crippen LogP contribution in [0.1, 0.15) is 30.9 Å². The molecule has 0 aromatic heterocycles. The molecule has 0 spiro atoms. The summed E-state index contributed by atoms with van der Waals surface area (Å²) in [4.78, 5) is 0. The van der Waals surface area contributed by atoms with Gasteiger partial charge in [-0.2, -0.15) is 0 Å². The molecule has 1 aromatic carbocycles. The van der Waals surface area contributed by atoms with Gasteiger partial charge in [0.05, 0.1) is 0 Å². The molecule has 0 aliphatic rings. The van der Waals surface area contributed by atoms with Crippen molar-refractivity contribution in [1.82, 2.24) is 5.32 Å². The maximum absolute atomic E-state index is 3.52. The van der Waals surface area contributed by atoms with Crippen molar-refractivity contribution in [3.63, 3.8) is 0 Å². The lowest BCUT2D eigenvalue weighted by Gasteiger charge is -2.13. The highest BCUT2D eigenvalue weighted by Crippen LogP contribution is 2.23. The van der Waals surface area contributed by atoms with Gasteiger partial charge in [-0.3, -0.25) is 0 Å². The molecule has 0 aliphatic carbocycles. The number of likely N-dealkylation sites (N-methyl/N-ethyl adjacent to an activating group) is 1. The predicted octanol–water partition coefficient (Wildman–Crippen LogP) is 3.33. The van der Waals surface area contributed by atoms with Gasteiger partial charge in [-0.1, -0.05) is 35.8 Å². The van der Waals surface area contributed by atoms with Crippen LogP contribution in [0, 0.1) is 0 Å². The fourth-order valence-electron chi connectivity index (χ4n) is 1.61. The predicted molar refractivity (Wildman–Crippen MR) is 65.9 cm³/mol. The topological polar surface area (TPSA) is 12.0 Å². The Morgan fingerprint density at radius 3 is 2.64 bits per heavy atom. The van der Waals surface area contributed by atoms with Crippen LogP contribution in [0.5, 0.6) is 0 Å². The Morgan fingerprint density at radius 1 is 1.36 bits per heavy atom. The third kappa shape index (κ3) is 3.10. The van der Waals surface area contributed by atoms with Crippen molar-refractivity contribution in [2.75, 3.05) is 13.6 Å². The normalized spacial score (nSPS) is 10.9. The van der Waals surface area contributed by atoms with Gasteiger partial charge in [0.25, 0.3) is 0 Å². The van der Waals surface area contributed by atoms with Crippen LogP contribution in [-0.2, 0) is 6.42 Å². The first kappa shape index (κ1) is 11.7. The van der Waals surface area contributed by atoms with Crippen molar-refractivity contribution < 1.29 is 0 Å². The fraction of sp³-hybridized carbons (Fsp3) is 0.500. The lowest BCUT2D eigenvalue weighted by atomic mass is 9.95. The molecule has 0 saturated carbocycles. The largest absolute Gasteiger partial charge is 0.319 e. The third-order valence-electron chi connectivity index (χ3n) is 2.37. The molecule has 1 N–H and O–H groups in total. The summed E-state index contributed by atoms with van der Waals surface area (Å²) < 4.78 is 1.17. The zero-order valence-electron chi connectivity index (χ0n) is 9.10. The minimum Gasteiger partial charge on any atom is -0.319 e. The third-order valence-corrected chi connectivity index (χ3v) is 2.86. The highest BCUT2D eigenvalue weighted by Gasteiger charge is 2.06. The lowest BCUT2D eigenvalue weighted by Crippen LogP contribution is -2.11. The molecular formula is C12H18BrN. The van der Waals surface area contributed by atoms with E-state index in [1.54, 1.807) is 0 Å². The molecule has 0 radical (unpaired) electrons. The van der Waals surface area contributed by atoms with Gasteiger partial charge in [0.1, 0.15) is 0 Å². The number of nitrogens with one attached hydrogen (secondary N) is 1. The van der Waals surface area contributed by atoms with Crippen LogP contribution in [0.4, 0.5) is 0 Å². The van der Waals surface area contributed by atoms with E-state index in [0.29, 0.717) is 5.92 Å². The number of hydrogen-bond donors (Lipinski definition) is 1. The average Bonchev–Trinajstić information content (AvgIpc) is 2.14. The first-order valence-corrected chi connectivity index (χ1v) is 5.87. The van der Waals surface area contributed by atoms with Gasteiger partial charge in [0, 0.05) is 4.47 Å². The van der Waals surface area contributed by atoms with Crippen LogP contribution in [0.25, 0.3) is 0 Å². The zero-order chi connectivity index (χ0) is 10.6. The van der Waals surface area contributed by atoms with Gasteiger partial charge in [-0.15, -0.1) is 0 Å². The van der Waals surface area contributed by atoms with Gasteiger partial charge >= 0.3 is 0 Å². The molecule has 0 fully saturated rings. The molecule has 0 saturated heterocycles. The molecule has 0 unspecified atom stereocenters. The molecule has 2 heteroatoms. The average molecular weight is 256 g/mol. The highest BCUT2D eigenvalue weighted by molar-refractivity contribution is 9.10. The second-order valence-corrected chi connectivity index (χ2v) is 4.77. The first-order chi connectivity index (χ1) is 6.65. The molecule has 78 valence electrons. The van der Waals surface area contributed by atoms with Crippen LogP contribution >= 0.6 is 15.9 Å². The second kappa shape index (κ2) is 5.52. The number of halogens is 1. The van der Waals surface area contributed by atoms with E-state index in [2.05, 4.69) is 53.3 Å². The summed E-state index contributed by atoms with van der Waals surface area (Å²) in [6.07, 6.45) is 1.10. The van der Waals surface area contributed by atoms with Crippen LogP contribution in [0.2, 0.25) is 0 Å². The lowest BCUT2D eigenvalue weighted by molar-refractivity contribution is 0.768. The standard InChI is InChI=1S/C12H18BrN/c1-9(2)12-5-4-11(13)8-10(12)6-7-14-3/h4-5,8-9,14H,6-7H2,1-3H3. The molecule has 0 aliphatic heterocycles. The Labute approximate surface area is 95.0 Å². The van der Waals surface area contributed by atoms with Gasteiger partial charge in [0.15, 0.2) is 0 Å². The maximum Gasteiger partial charge on any atom is 0.0178 e. The van der Waals surface area contributed by atoms with Gasteiger partial charge in [-0.25, -0.2) is 0 Å². The molecule has 14 heavy (non-hydrogen) atoms. The molecule has 1 aromatic rings. The number of hydrogen-bond acceptors (Lipinski definition) is 1. The van der Waals surface area contributed by atoms with E-state index >= 15 is 0 Å². The Balaban J connectivity index is 2.91. The second-order valence-electron chi connectivity index (χ2n) is 3.85. The molecule has 0 amide bonds. The summed E-state index contributed by atoms with van der Waals surface area (Å²) >= 11 is 3.52. The SMILES string of the molecule is CNCCc1cc(Br)ccc1C(C)C. The van der Waals surface area contributed by atoms with E-state index in [4.69, 9.17) is 0 Å². The molecular weight excluding hydrogens is 238 g/mol. The van der Waals surface area contributed by atoms with E-state index in [0.717, 1.165) is 13.0 Å². The Kier molecular flexibility index (Phi) is 4.63. The summed E-state index contributed by atoms with van der Waals surface area (Å²) in [5, 5.41) is 3.19. The van der Waals surface area contributed by atoms with E-state index in [1.165, 1.54) is 15.6 Å². The van der Waals surface area contributed by atoms with E-state index in [1.807, 2.05) is 7.05 Å².